The lowest BCUT2D eigenvalue weighted by atomic mass is 10.2. The van der Waals surface area contributed by atoms with Crippen LogP contribution in [0.3, 0.4) is 0 Å². The van der Waals surface area contributed by atoms with Crippen LogP contribution in [-0.4, -0.2) is 40.9 Å². The maximum absolute atomic E-state index is 11.6. The lowest BCUT2D eigenvalue weighted by Crippen LogP contribution is -2.41. The van der Waals surface area contributed by atoms with E-state index in [9.17, 15) is 4.79 Å². The van der Waals surface area contributed by atoms with Gasteiger partial charge in [-0.2, -0.15) is 0 Å². The van der Waals surface area contributed by atoms with Crippen molar-refractivity contribution in [1.82, 2.24) is 4.90 Å². The molecule has 1 atom stereocenters. The van der Waals surface area contributed by atoms with Gasteiger partial charge >= 0.3 is 6.09 Å². The molecule has 4 heteroatoms. The Morgan fingerprint density at radius 3 is 2.79 bits per heavy atom. The number of ether oxygens (including phenoxy) is 1. The third kappa shape index (κ3) is 2.73. The first-order valence-corrected chi connectivity index (χ1v) is 4.71. The van der Waals surface area contributed by atoms with E-state index in [0.29, 0.717) is 6.54 Å². The van der Waals surface area contributed by atoms with Crippen molar-refractivity contribution in [3.8, 4) is 0 Å². The molecule has 80 valence electrons. The number of hydrogen-bond acceptors (Lipinski definition) is 3. The molecule has 14 heavy (non-hydrogen) atoms. The van der Waals surface area contributed by atoms with Gasteiger partial charge in [0, 0.05) is 6.54 Å². The van der Waals surface area contributed by atoms with E-state index in [-0.39, 0.29) is 18.7 Å². The molecule has 0 aromatic heterocycles. The maximum atomic E-state index is 11.6. The first-order valence-electron chi connectivity index (χ1n) is 4.71. The number of rotatable bonds is 1. The minimum Gasteiger partial charge on any atom is -0.444 e. The van der Waals surface area contributed by atoms with Crippen LogP contribution in [0.25, 0.3) is 0 Å². The Morgan fingerprint density at radius 1 is 1.64 bits per heavy atom. The summed E-state index contributed by atoms with van der Waals surface area (Å²) in [4.78, 5) is 13.1. The summed E-state index contributed by atoms with van der Waals surface area (Å²) in [6.07, 6.45) is 3.29. The molecule has 1 N–H and O–H groups in total. The topological polar surface area (TPSA) is 49.8 Å². The van der Waals surface area contributed by atoms with Gasteiger partial charge in [-0.25, -0.2) is 4.79 Å². The van der Waals surface area contributed by atoms with Crippen molar-refractivity contribution < 1.29 is 14.6 Å². The van der Waals surface area contributed by atoms with Crippen LogP contribution in [0.1, 0.15) is 20.8 Å². The van der Waals surface area contributed by atoms with E-state index in [2.05, 4.69) is 0 Å². The molecule has 0 fully saturated rings. The molecule has 4 nitrogen and oxygen atoms in total. The first kappa shape index (κ1) is 11.0. The quantitative estimate of drug-likeness (QED) is 0.644. The minimum absolute atomic E-state index is 0.0598. The Bertz CT molecular complexity index is 242. The highest BCUT2D eigenvalue weighted by Crippen LogP contribution is 2.15. The summed E-state index contributed by atoms with van der Waals surface area (Å²) >= 11 is 0. The summed E-state index contributed by atoms with van der Waals surface area (Å²) in [5, 5.41) is 8.98. The second-order valence-corrected chi connectivity index (χ2v) is 4.31. The van der Waals surface area contributed by atoms with Crippen molar-refractivity contribution in [2.24, 2.45) is 0 Å². The summed E-state index contributed by atoms with van der Waals surface area (Å²) < 4.78 is 5.19. The van der Waals surface area contributed by atoms with Crippen LogP contribution in [0.2, 0.25) is 0 Å². The third-order valence-electron chi connectivity index (χ3n) is 1.88. The third-order valence-corrected chi connectivity index (χ3v) is 1.88. The molecular weight excluding hydrogens is 182 g/mol. The lowest BCUT2D eigenvalue weighted by molar-refractivity contribution is 0.0198. The van der Waals surface area contributed by atoms with E-state index < -0.39 is 5.60 Å². The van der Waals surface area contributed by atoms with Crippen molar-refractivity contribution >= 4 is 6.09 Å². The SMILES string of the molecule is CC(C)(C)OC(=O)N1CC=CC1CO. The molecule has 1 amide bonds. The van der Waals surface area contributed by atoms with Gasteiger partial charge in [0.25, 0.3) is 0 Å². The van der Waals surface area contributed by atoms with Crippen molar-refractivity contribution in [2.45, 2.75) is 32.4 Å². The summed E-state index contributed by atoms with van der Waals surface area (Å²) in [5.74, 6) is 0. The molecule has 1 unspecified atom stereocenters. The molecule has 1 aliphatic rings. The molecule has 1 rings (SSSR count). The van der Waals surface area contributed by atoms with Crippen LogP contribution < -0.4 is 0 Å². The summed E-state index contributed by atoms with van der Waals surface area (Å²) in [5.41, 5.74) is -0.486. The van der Waals surface area contributed by atoms with E-state index in [1.165, 1.54) is 4.90 Å². The van der Waals surface area contributed by atoms with Gasteiger partial charge in [-0.05, 0) is 20.8 Å². The Balaban J connectivity index is 2.54. The summed E-state index contributed by atoms with van der Waals surface area (Å²) in [7, 11) is 0. The number of hydrogen-bond donors (Lipinski definition) is 1. The molecule has 0 aromatic carbocycles. The molecule has 0 bridgehead atoms. The van der Waals surface area contributed by atoms with Crippen molar-refractivity contribution in [3.05, 3.63) is 12.2 Å². The minimum atomic E-state index is -0.486. The molecule has 0 aromatic rings. The molecule has 0 saturated carbocycles. The number of aliphatic hydroxyl groups excluding tert-OH is 1. The number of carbonyl (C=O) groups is 1. The van der Waals surface area contributed by atoms with Gasteiger partial charge in [0.05, 0.1) is 12.6 Å². The van der Waals surface area contributed by atoms with Crippen LogP contribution in [0, 0.1) is 0 Å². The average molecular weight is 199 g/mol. The van der Waals surface area contributed by atoms with Gasteiger partial charge in [0.15, 0.2) is 0 Å². The molecule has 0 spiro atoms. The summed E-state index contributed by atoms with van der Waals surface area (Å²) in [6.45, 7) is 5.92. The second kappa shape index (κ2) is 4.00. The Hall–Kier alpha value is -1.03. The van der Waals surface area contributed by atoms with Crippen LogP contribution in [-0.2, 0) is 4.74 Å². The van der Waals surface area contributed by atoms with Gasteiger partial charge in [-0.15, -0.1) is 0 Å². The molecule has 0 saturated heterocycles. The van der Waals surface area contributed by atoms with E-state index >= 15 is 0 Å². The van der Waals surface area contributed by atoms with Gasteiger partial charge in [-0.1, -0.05) is 12.2 Å². The second-order valence-electron chi connectivity index (χ2n) is 4.31. The number of nitrogens with zero attached hydrogens (tertiary/aromatic N) is 1. The van der Waals surface area contributed by atoms with Crippen LogP contribution in [0.5, 0.6) is 0 Å². The Labute approximate surface area is 84.2 Å². The average Bonchev–Trinajstić information content (AvgIpc) is 2.47. The Kier molecular flexibility index (Phi) is 3.16. The molecular formula is C10H17NO3. The number of carbonyl (C=O) groups excluding carboxylic acids is 1. The summed E-state index contributed by atoms with van der Waals surface area (Å²) in [6, 6.07) is -0.232. The van der Waals surface area contributed by atoms with Crippen molar-refractivity contribution in [1.29, 1.82) is 0 Å². The van der Waals surface area contributed by atoms with E-state index in [0.717, 1.165) is 0 Å². The monoisotopic (exact) mass is 199 g/mol. The fourth-order valence-corrected chi connectivity index (χ4v) is 1.26. The highest BCUT2D eigenvalue weighted by molar-refractivity contribution is 5.69. The maximum Gasteiger partial charge on any atom is 0.411 e. The smallest absolute Gasteiger partial charge is 0.411 e. The molecule has 0 aliphatic carbocycles. The van der Waals surface area contributed by atoms with E-state index in [1.54, 1.807) is 0 Å². The zero-order valence-corrected chi connectivity index (χ0v) is 8.86. The van der Waals surface area contributed by atoms with Crippen LogP contribution in [0.15, 0.2) is 12.2 Å². The van der Waals surface area contributed by atoms with Gasteiger partial charge in [0.1, 0.15) is 5.60 Å². The number of amides is 1. The first-order chi connectivity index (χ1) is 6.44. The predicted molar refractivity (Wildman–Crippen MR) is 53.0 cm³/mol. The molecule has 1 aliphatic heterocycles. The van der Waals surface area contributed by atoms with E-state index in [1.807, 2.05) is 32.9 Å². The fraction of sp³-hybridized carbons (Fsp3) is 0.700. The van der Waals surface area contributed by atoms with Gasteiger partial charge in [0.2, 0.25) is 0 Å². The van der Waals surface area contributed by atoms with Crippen LogP contribution in [0.4, 0.5) is 4.79 Å². The zero-order valence-electron chi connectivity index (χ0n) is 8.86. The van der Waals surface area contributed by atoms with Gasteiger partial charge < -0.3 is 9.84 Å². The molecule has 1 heterocycles. The van der Waals surface area contributed by atoms with Crippen LogP contribution >= 0.6 is 0 Å². The largest absolute Gasteiger partial charge is 0.444 e. The zero-order chi connectivity index (χ0) is 10.8. The standard InChI is InChI=1S/C10H17NO3/c1-10(2,3)14-9(13)11-6-4-5-8(11)7-12/h4-5,8,12H,6-7H2,1-3H3. The number of aliphatic hydroxyl groups is 1. The highest BCUT2D eigenvalue weighted by Gasteiger charge is 2.28. The normalized spacial score (nSPS) is 21.4. The van der Waals surface area contributed by atoms with Crippen molar-refractivity contribution in [3.63, 3.8) is 0 Å². The van der Waals surface area contributed by atoms with Gasteiger partial charge in [-0.3, -0.25) is 4.90 Å². The van der Waals surface area contributed by atoms with Crippen molar-refractivity contribution in [2.75, 3.05) is 13.2 Å². The van der Waals surface area contributed by atoms with E-state index in [4.69, 9.17) is 9.84 Å². The Morgan fingerprint density at radius 2 is 2.29 bits per heavy atom. The lowest BCUT2D eigenvalue weighted by Gasteiger charge is -2.27. The highest BCUT2D eigenvalue weighted by atomic mass is 16.6. The predicted octanol–water partition coefficient (Wildman–Crippen LogP) is 1.15. The fourth-order valence-electron chi connectivity index (χ4n) is 1.26. The molecule has 0 radical (unpaired) electrons.